The van der Waals surface area contributed by atoms with Gasteiger partial charge in [0.25, 0.3) is 0 Å². The first-order valence-corrected chi connectivity index (χ1v) is 8.37. The molecule has 4 rings (SSSR count). The van der Waals surface area contributed by atoms with Crippen molar-refractivity contribution in [2.45, 2.75) is 32.2 Å². The number of benzene rings is 2. The normalized spacial score (nSPS) is 13.7. The molecule has 0 saturated heterocycles. The summed E-state index contributed by atoms with van der Waals surface area (Å²) in [5, 5.41) is 4.12. The van der Waals surface area contributed by atoms with Crippen LogP contribution in [0.2, 0.25) is 0 Å². The van der Waals surface area contributed by atoms with Crippen LogP contribution < -0.4 is 5.32 Å². The monoisotopic (exact) mass is 322 g/mol. The van der Waals surface area contributed by atoms with E-state index in [2.05, 4.69) is 28.1 Å². The van der Waals surface area contributed by atoms with Crippen molar-refractivity contribution in [3.8, 4) is 0 Å². The highest BCUT2D eigenvalue weighted by atomic mass is 19.1. The van der Waals surface area contributed by atoms with Gasteiger partial charge in [-0.05, 0) is 61.6 Å². The Balaban J connectivity index is 1.64. The molecule has 3 nitrogen and oxygen atoms in total. The van der Waals surface area contributed by atoms with Gasteiger partial charge in [0.2, 0.25) is 5.91 Å². The molecule has 0 fully saturated rings. The van der Waals surface area contributed by atoms with E-state index < -0.39 is 0 Å². The smallest absolute Gasteiger partial charge is 0.244 e. The second-order valence-corrected chi connectivity index (χ2v) is 6.29. The summed E-state index contributed by atoms with van der Waals surface area (Å²) in [7, 11) is 0. The fraction of sp³-hybridized carbons (Fsp3) is 0.250. The van der Waals surface area contributed by atoms with Crippen LogP contribution in [0.1, 0.15) is 24.1 Å². The third-order valence-corrected chi connectivity index (χ3v) is 4.71. The maximum atomic E-state index is 13.0. The van der Waals surface area contributed by atoms with Crippen molar-refractivity contribution in [2.75, 3.05) is 5.32 Å². The number of hydrogen-bond donors (Lipinski definition) is 1. The minimum absolute atomic E-state index is 0.0873. The summed E-state index contributed by atoms with van der Waals surface area (Å²) in [6.07, 6.45) is 4.49. The summed E-state index contributed by atoms with van der Waals surface area (Å²) in [4.78, 5) is 12.5. The number of fused-ring (bicyclic) bond motifs is 3. The van der Waals surface area contributed by atoms with Crippen LogP contribution in [0.25, 0.3) is 10.9 Å². The zero-order valence-corrected chi connectivity index (χ0v) is 13.4. The summed E-state index contributed by atoms with van der Waals surface area (Å²) in [6.45, 7) is 0.285. The zero-order valence-electron chi connectivity index (χ0n) is 13.4. The molecular formula is C20H19FN2O. The average molecular weight is 322 g/mol. The molecule has 0 atom stereocenters. The predicted octanol–water partition coefficient (Wildman–Crippen LogP) is 4.30. The minimum atomic E-state index is -0.307. The van der Waals surface area contributed by atoms with Gasteiger partial charge in [-0.25, -0.2) is 4.39 Å². The molecule has 1 N–H and O–H groups in total. The molecule has 3 aromatic rings. The lowest BCUT2D eigenvalue weighted by molar-refractivity contribution is -0.116. The van der Waals surface area contributed by atoms with Crippen molar-refractivity contribution in [1.29, 1.82) is 0 Å². The summed E-state index contributed by atoms with van der Waals surface area (Å²) in [5.74, 6) is -0.394. The Hall–Kier alpha value is -2.62. The Bertz CT molecular complexity index is 896. The second kappa shape index (κ2) is 6.11. The summed E-state index contributed by atoms with van der Waals surface area (Å²) in [6, 6.07) is 14.2. The van der Waals surface area contributed by atoms with Crippen LogP contribution in [-0.2, 0) is 24.2 Å². The molecular weight excluding hydrogens is 303 g/mol. The van der Waals surface area contributed by atoms with Crippen LogP contribution in [0.5, 0.6) is 0 Å². The molecule has 1 aliphatic rings. The van der Waals surface area contributed by atoms with Crippen molar-refractivity contribution in [3.05, 3.63) is 65.6 Å². The molecule has 0 spiro atoms. The van der Waals surface area contributed by atoms with E-state index in [1.807, 2.05) is 6.07 Å². The third-order valence-electron chi connectivity index (χ3n) is 4.71. The number of amides is 1. The van der Waals surface area contributed by atoms with Gasteiger partial charge >= 0.3 is 0 Å². The van der Waals surface area contributed by atoms with E-state index >= 15 is 0 Å². The molecule has 2 aromatic carbocycles. The first-order chi connectivity index (χ1) is 11.7. The van der Waals surface area contributed by atoms with Gasteiger partial charge in [0, 0.05) is 22.3 Å². The van der Waals surface area contributed by atoms with Crippen LogP contribution in [-0.4, -0.2) is 10.5 Å². The molecule has 1 heterocycles. The number of halogens is 1. The van der Waals surface area contributed by atoms with Crippen molar-refractivity contribution in [1.82, 2.24) is 4.57 Å². The quantitative estimate of drug-likeness (QED) is 0.766. The number of carbonyl (C=O) groups excluding carboxylic acids is 1. The number of hydrogen-bond acceptors (Lipinski definition) is 1. The first-order valence-electron chi connectivity index (χ1n) is 8.37. The van der Waals surface area contributed by atoms with Gasteiger partial charge < -0.3 is 9.88 Å². The molecule has 0 unspecified atom stereocenters. The molecule has 1 aromatic heterocycles. The lowest BCUT2D eigenvalue weighted by Gasteiger charge is -2.16. The zero-order chi connectivity index (χ0) is 16.5. The van der Waals surface area contributed by atoms with Crippen LogP contribution >= 0.6 is 0 Å². The molecule has 0 bridgehead atoms. The van der Waals surface area contributed by atoms with Crippen molar-refractivity contribution in [3.63, 3.8) is 0 Å². The van der Waals surface area contributed by atoms with Crippen LogP contribution in [0, 0.1) is 5.82 Å². The van der Waals surface area contributed by atoms with Gasteiger partial charge in [-0.15, -0.1) is 0 Å². The summed E-state index contributed by atoms with van der Waals surface area (Å²) in [5.41, 5.74) is 4.42. The number of nitrogens with one attached hydrogen (secondary N) is 1. The average Bonchev–Trinajstić information content (AvgIpc) is 2.92. The van der Waals surface area contributed by atoms with E-state index in [9.17, 15) is 9.18 Å². The number of rotatable bonds is 3. The summed E-state index contributed by atoms with van der Waals surface area (Å²) < 4.78 is 15.1. The first kappa shape index (κ1) is 14.9. The molecule has 4 heteroatoms. The lowest BCUT2D eigenvalue weighted by atomic mass is 9.96. The maximum Gasteiger partial charge on any atom is 0.244 e. The van der Waals surface area contributed by atoms with Crippen molar-refractivity contribution >= 4 is 22.5 Å². The van der Waals surface area contributed by atoms with Gasteiger partial charge in [0.05, 0.1) is 0 Å². The van der Waals surface area contributed by atoms with E-state index in [0.29, 0.717) is 5.69 Å². The third kappa shape index (κ3) is 2.68. The summed E-state index contributed by atoms with van der Waals surface area (Å²) >= 11 is 0. The van der Waals surface area contributed by atoms with Crippen LogP contribution in [0.4, 0.5) is 10.1 Å². The van der Waals surface area contributed by atoms with E-state index in [4.69, 9.17) is 0 Å². The topological polar surface area (TPSA) is 34.0 Å². The van der Waals surface area contributed by atoms with Gasteiger partial charge in [-0.2, -0.15) is 0 Å². The molecule has 1 amide bonds. The van der Waals surface area contributed by atoms with Gasteiger partial charge in [-0.1, -0.05) is 18.2 Å². The predicted molar refractivity (Wildman–Crippen MR) is 93.6 cm³/mol. The highest BCUT2D eigenvalue weighted by Gasteiger charge is 2.20. The Morgan fingerprint density at radius 1 is 1.04 bits per heavy atom. The Morgan fingerprint density at radius 2 is 1.79 bits per heavy atom. The Morgan fingerprint density at radius 3 is 2.62 bits per heavy atom. The fourth-order valence-electron chi connectivity index (χ4n) is 3.64. The number of anilines is 1. The lowest BCUT2D eigenvalue weighted by Crippen LogP contribution is -2.20. The Labute approximate surface area is 140 Å². The van der Waals surface area contributed by atoms with E-state index in [-0.39, 0.29) is 18.3 Å². The molecule has 24 heavy (non-hydrogen) atoms. The van der Waals surface area contributed by atoms with Gasteiger partial charge in [-0.3, -0.25) is 4.79 Å². The number of aromatic nitrogens is 1. The number of carbonyl (C=O) groups is 1. The maximum absolute atomic E-state index is 13.0. The van der Waals surface area contributed by atoms with Crippen molar-refractivity contribution < 1.29 is 9.18 Å². The largest absolute Gasteiger partial charge is 0.335 e. The number of para-hydroxylation sites is 1. The minimum Gasteiger partial charge on any atom is -0.335 e. The van der Waals surface area contributed by atoms with E-state index in [1.165, 1.54) is 41.6 Å². The molecule has 0 aliphatic heterocycles. The van der Waals surface area contributed by atoms with Gasteiger partial charge in [0.15, 0.2) is 0 Å². The number of aryl methyl sites for hydroxylation is 1. The van der Waals surface area contributed by atoms with Crippen molar-refractivity contribution in [2.24, 2.45) is 0 Å². The molecule has 0 saturated carbocycles. The van der Waals surface area contributed by atoms with E-state index in [0.717, 1.165) is 18.4 Å². The molecule has 122 valence electrons. The standard InChI is InChI=1S/C20H19FN2O/c21-14-9-11-15(12-10-14)22-20(24)13-23-18-7-3-1-5-16(18)17-6-2-4-8-19(17)23/h1,3,5,7,9-12H,2,4,6,8,13H2,(H,22,24). The van der Waals surface area contributed by atoms with Crippen LogP contribution in [0.15, 0.2) is 48.5 Å². The van der Waals surface area contributed by atoms with E-state index in [1.54, 1.807) is 12.1 Å². The van der Waals surface area contributed by atoms with Crippen LogP contribution in [0.3, 0.4) is 0 Å². The SMILES string of the molecule is O=C(Cn1c2c(c3ccccc31)CCCC2)Nc1ccc(F)cc1. The molecule has 0 radical (unpaired) electrons. The highest BCUT2D eigenvalue weighted by molar-refractivity contribution is 5.93. The molecule has 1 aliphatic carbocycles. The highest BCUT2D eigenvalue weighted by Crippen LogP contribution is 2.32. The number of nitrogens with zero attached hydrogens (tertiary/aromatic N) is 1. The Kier molecular flexibility index (Phi) is 3.81. The van der Waals surface area contributed by atoms with Gasteiger partial charge in [0.1, 0.15) is 12.4 Å². The second-order valence-electron chi connectivity index (χ2n) is 6.29. The fourth-order valence-corrected chi connectivity index (χ4v) is 3.64.